The fourth-order valence-corrected chi connectivity index (χ4v) is 5.53. The Kier molecular flexibility index (Phi) is 10.4. The molecule has 19 heteroatoms. The molecule has 1 atom stereocenters. The Labute approximate surface area is 275 Å². The molecule has 18 nitrogen and oxygen atoms in total. The van der Waals surface area contributed by atoms with Crippen molar-refractivity contribution in [2.24, 2.45) is 54.0 Å². The first kappa shape index (κ1) is 33.0. The van der Waals surface area contributed by atoms with Crippen molar-refractivity contribution < 1.29 is 14.3 Å². The maximum atomic E-state index is 13.1. The van der Waals surface area contributed by atoms with E-state index in [1.54, 1.807) is 4.90 Å². The molecule has 3 heterocycles. The van der Waals surface area contributed by atoms with Gasteiger partial charge in [0.25, 0.3) is 5.91 Å². The van der Waals surface area contributed by atoms with Crippen LogP contribution in [0.1, 0.15) is 24.0 Å². The van der Waals surface area contributed by atoms with Gasteiger partial charge in [0.05, 0.1) is 12.1 Å². The number of nitrogens with two attached hydrogens (primary N) is 4. The third-order valence-corrected chi connectivity index (χ3v) is 8.15. The summed E-state index contributed by atoms with van der Waals surface area (Å²) in [6.07, 6.45) is 0.552. The number of benzene rings is 2. The highest BCUT2D eigenvalue weighted by Gasteiger charge is 2.44. The number of likely N-dealkylation sites (tertiary alicyclic amines) is 1. The van der Waals surface area contributed by atoms with Crippen molar-refractivity contribution in [1.82, 2.24) is 25.6 Å². The zero-order valence-electron chi connectivity index (χ0n) is 25.4. The molecule has 3 amide bonds. The molecule has 1 unspecified atom stereocenters. The number of urea groups is 1. The van der Waals surface area contributed by atoms with E-state index in [1.165, 1.54) is 10.0 Å². The lowest BCUT2D eigenvalue weighted by molar-refractivity contribution is -0.112. The number of guanidine groups is 1. The minimum absolute atomic E-state index is 0.0227. The number of aliphatic imine (C=N–C) groups is 2. The number of hydrazine groups is 2. The second-order valence-corrected chi connectivity index (χ2v) is 11.4. The lowest BCUT2D eigenvalue weighted by Gasteiger charge is -2.39. The highest BCUT2D eigenvalue weighted by molar-refractivity contribution is 6.44. The largest absolute Gasteiger partial charge is 0.489 e. The van der Waals surface area contributed by atoms with Crippen LogP contribution in [0.4, 0.5) is 4.79 Å². The number of piperidine rings is 1. The monoisotopic (exact) mass is 665 g/mol. The van der Waals surface area contributed by atoms with Gasteiger partial charge >= 0.3 is 6.03 Å². The summed E-state index contributed by atoms with van der Waals surface area (Å²) in [6.45, 7) is 2.05. The number of ether oxygens (including phenoxy) is 1. The van der Waals surface area contributed by atoms with Gasteiger partial charge < -0.3 is 32.0 Å². The van der Waals surface area contributed by atoms with Crippen LogP contribution >= 0.6 is 11.6 Å². The Bertz CT molecular complexity index is 1590. The van der Waals surface area contributed by atoms with Crippen molar-refractivity contribution in [2.75, 3.05) is 26.2 Å². The van der Waals surface area contributed by atoms with Crippen LogP contribution in [0, 0.1) is 0 Å². The summed E-state index contributed by atoms with van der Waals surface area (Å²) >= 11 is 6.09. The Morgan fingerprint density at radius 3 is 2.47 bits per heavy atom. The normalized spacial score (nSPS) is 20.1. The first-order valence-corrected chi connectivity index (χ1v) is 15.0. The maximum absolute atomic E-state index is 13.1. The Morgan fingerprint density at radius 2 is 1.79 bits per heavy atom. The molecule has 5 rings (SSSR count). The summed E-state index contributed by atoms with van der Waals surface area (Å²) in [5, 5.41) is 22.0. The van der Waals surface area contributed by atoms with Gasteiger partial charge in [-0.05, 0) is 42.5 Å². The number of hydrogen-bond donors (Lipinski definition) is 6. The summed E-state index contributed by atoms with van der Waals surface area (Å²) in [5.41, 5.74) is 1.42. The van der Waals surface area contributed by atoms with Gasteiger partial charge in [0, 0.05) is 19.6 Å². The van der Waals surface area contributed by atoms with E-state index in [1.807, 2.05) is 54.6 Å². The Balaban J connectivity index is 1.11. The quantitative estimate of drug-likeness (QED) is 0.0727. The van der Waals surface area contributed by atoms with Crippen LogP contribution in [0.25, 0.3) is 0 Å². The third kappa shape index (κ3) is 8.10. The topological polar surface area (TPSA) is 255 Å². The predicted molar refractivity (Wildman–Crippen MR) is 173 cm³/mol. The number of rotatable bonds is 9. The van der Waals surface area contributed by atoms with E-state index in [0.29, 0.717) is 52.0 Å². The van der Waals surface area contributed by atoms with E-state index in [0.717, 1.165) is 16.9 Å². The van der Waals surface area contributed by atoms with Gasteiger partial charge in [-0.2, -0.15) is 4.99 Å². The number of carbonyl (C=O) groups excluding carboxylic acids is 2. The summed E-state index contributed by atoms with van der Waals surface area (Å²) < 4.78 is 5.85. The van der Waals surface area contributed by atoms with Gasteiger partial charge in [0.2, 0.25) is 5.96 Å². The molecule has 2 saturated heterocycles. The number of halogens is 1. The third-order valence-electron chi connectivity index (χ3n) is 7.88. The van der Waals surface area contributed by atoms with Gasteiger partial charge in [-0.3, -0.25) is 14.8 Å². The number of hydrogen-bond acceptors (Lipinski definition) is 11. The molecule has 47 heavy (non-hydrogen) atoms. The zero-order valence-corrected chi connectivity index (χ0v) is 26.1. The molecule has 0 aliphatic carbocycles. The van der Waals surface area contributed by atoms with Crippen LogP contribution in [0.2, 0.25) is 0 Å². The standard InChI is InChI=1S/C28H36ClN15O3/c29-22-24(39-41-31)35-23(38-40-30)21(34-22)25(45)36-26-37-28(17-44(26)33)11-14-42(15-12-28)27(46)43(32)13-10-18-6-8-20(9-7-18)47-16-19-4-2-1-3-5-19/h1-9,23,35H,10-17,32-33H2,(H2,30,38)(H2,31,39)(H,36,37,45). The summed E-state index contributed by atoms with van der Waals surface area (Å²) in [7, 11) is 0. The van der Waals surface area contributed by atoms with Crippen LogP contribution in [-0.4, -0.2) is 76.4 Å². The van der Waals surface area contributed by atoms with Gasteiger partial charge in [-0.25, -0.2) is 21.5 Å². The van der Waals surface area contributed by atoms with Gasteiger partial charge in [0.1, 0.15) is 12.4 Å². The SMILES string of the molecule is NN=NC1=C(Cl)N=C(C(=O)/N=C2/NC3(CCN(C(=O)N(N)CCc4ccc(OCc5ccccc5)cc4)CC3)CN2N)C(N=NN)N1. The zero-order chi connectivity index (χ0) is 33.4. The van der Waals surface area contributed by atoms with Crippen molar-refractivity contribution in [3.8, 4) is 5.75 Å². The van der Waals surface area contributed by atoms with E-state index in [-0.39, 0.29) is 28.7 Å². The minimum Gasteiger partial charge on any atom is -0.489 e. The summed E-state index contributed by atoms with van der Waals surface area (Å²) in [4.78, 5) is 36.0. The molecule has 248 valence electrons. The second-order valence-electron chi connectivity index (χ2n) is 11.0. The Hall–Kier alpha value is -5.33. The van der Waals surface area contributed by atoms with E-state index in [9.17, 15) is 9.59 Å². The van der Waals surface area contributed by atoms with Crippen molar-refractivity contribution in [1.29, 1.82) is 0 Å². The number of amides is 3. The van der Waals surface area contributed by atoms with Gasteiger partial charge in [0.15, 0.2) is 22.9 Å². The van der Waals surface area contributed by atoms with E-state index in [2.05, 4.69) is 41.3 Å². The van der Waals surface area contributed by atoms with Gasteiger partial charge in [-0.1, -0.05) is 64.5 Å². The smallest absolute Gasteiger partial charge is 0.334 e. The second kappa shape index (κ2) is 14.8. The van der Waals surface area contributed by atoms with Crippen LogP contribution in [0.3, 0.4) is 0 Å². The molecule has 0 bridgehead atoms. The Morgan fingerprint density at radius 1 is 1.06 bits per heavy atom. The molecular weight excluding hydrogens is 630 g/mol. The minimum atomic E-state index is -1.13. The maximum Gasteiger partial charge on any atom is 0.334 e. The van der Waals surface area contributed by atoms with Gasteiger partial charge in [-0.15, -0.1) is 10.2 Å². The summed E-state index contributed by atoms with van der Waals surface area (Å²) in [6, 6.07) is 17.4. The fourth-order valence-electron chi connectivity index (χ4n) is 5.34. The molecule has 1 spiro atoms. The number of nitrogens with zero attached hydrogens (tertiary/aromatic N) is 9. The summed E-state index contributed by atoms with van der Waals surface area (Å²) in [5.74, 6) is 22.7. The molecule has 2 aromatic carbocycles. The molecule has 0 saturated carbocycles. The molecule has 2 aromatic rings. The molecule has 0 aromatic heterocycles. The molecular formula is C28H36ClN15O3. The van der Waals surface area contributed by atoms with Crippen molar-refractivity contribution >= 4 is 35.2 Å². The van der Waals surface area contributed by atoms with Crippen molar-refractivity contribution in [3.63, 3.8) is 0 Å². The van der Waals surface area contributed by atoms with Crippen molar-refractivity contribution in [2.45, 2.75) is 37.6 Å². The van der Waals surface area contributed by atoms with Crippen molar-refractivity contribution in [3.05, 3.63) is 76.7 Å². The molecule has 3 aliphatic heterocycles. The van der Waals surface area contributed by atoms with Crippen LogP contribution in [0.5, 0.6) is 5.75 Å². The lowest BCUT2D eigenvalue weighted by atomic mass is 9.88. The fraction of sp³-hybridized carbons (Fsp3) is 0.357. The lowest BCUT2D eigenvalue weighted by Crippen LogP contribution is -2.57. The highest BCUT2D eigenvalue weighted by atomic mass is 35.5. The average molecular weight is 666 g/mol. The predicted octanol–water partition coefficient (Wildman–Crippen LogP) is 0.987. The first-order valence-electron chi connectivity index (χ1n) is 14.7. The van der Waals surface area contributed by atoms with E-state index < -0.39 is 17.6 Å². The van der Waals surface area contributed by atoms with Crippen LogP contribution in [0.15, 0.2) is 96.2 Å². The van der Waals surface area contributed by atoms with Crippen LogP contribution < -0.4 is 38.7 Å². The van der Waals surface area contributed by atoms with E-state index in [4.69, 9.17) is 39.7 Å². The number of carbonyl (C=O) groups is 2. The molecule has 0 radical (unpaired) electrons. The van der Waals surface area contributed by atoms with E-state index >= 15 is 0 Å². The first-order chi connectivity index (χ1) is 22.7. The molecule has 10 N–H and O–H groups in total. The average Bonchev–Trinajstić information content (AvgIpc) is 3.38. The molecule has 3 aliphatic rings. The van der Waals surface area contributed by atoms with Crippen LogP contribution in [-0.2, 0) is 17.8 Å². The number of nitrogens with one attached hydrogen (secondary N) is 2. The molecule has 2 fully saturated rings. The highest BCUT2D eigenvalue weighted by Crippen LogP contribution is 2.28.